The van der Waals surface area contributed by atoms with Gasteiger partial charge in [-0.25, -0.2) is 0 Å². The molecule has 0 aromatic carbocycles. The predicted molar refractivity (Wildman–Crippen MR) is 179 cm³/mol. The summed E-state index contributed by atoms with van der Waals surface area (Å²) in [5.74, 6) is -0.212. The van der Waals surface area contributed by atoms with Gasteiger partial charge in [0.2, 0.25) is 5.91 Å². The van der Waals surface area contributed by atoms with Crippen molar-refractivity contribution in [2.24, 2.45) is 0 Å². The van der Waals surface area contributed by atoms with Gasteiger partial charge in [0.15, 0.2) is 6.29 Å². The van der Waals surface area contributed by atoms with Gasteiger partial charge in [-0.1, -0.05) is 101 Å². The number of aliphatic hydroxyl groups excluding tert-OH is 5. The fourth-order valence-corrected chi connectivity index (χ4v) is 4.92. The number of carbonyl (C=O) groups excluding carboxylic acids is 1. The van der Waals surface area contributed by atoms with E-state index in [9.17, 15) is 30.3 Å². The number of hydrogen-bond donors (Lipinski definition) is 6. The minimum atomic E-state index is -1.57. The maximum absolute atomic E-state index is 12.8. The van der Waals surface area contributed by atoms with E-state index in [1.54, 1.807) is 6.08 Å². The Kier molecular flexibility index (Phi) is 25.0. The summed E-state index contributed by atoms with van der Waals surface area (Å²) in [6, 6.07) is -0.829. The average molecular weight is 638 g/mol. The minimum Gasteiger partial charge on any atom is -0.394 e. The molecule has 0 bridgehead atoms. The smallest absolute Gasteiger partial charge is 0.220 e. The molecule has 9 heteroatoms. The molecule has 45 heavy (non-hydrogen) atoms. The van der Waals surface area contributed by atoms with Gasteiger partial charge in [0.25, 0.3) is 0 Å². The zero-order valence-electron chi connectivity index (χ0n) is 27.8. The second-order valence-corrected chi connectivity index (χ2v) is 11.9. The summed E-state index contributed by atoms with van der Waals surface area (Å²) < 4.78 is 11.1. The van der Waals surface area contributed by atoms with E-state index in [0.29, 0.717) is 6.42 Å². The van der Waals surface area contributed by atoms with Crippen LogP contribution in [0.25, 0.3) is 0 Å². The molecule has 0 aromatic rings. The van der Waals surface area contributed by atoms with Gasteiger partial charge in [0.05, 0.1) is 25.4 Å². The molecule has 260 valence electrons. The number of nitrogens with one attached hydrogen (secondary N) is 1. The Labute approximate surface area is 272 Å². The number of amides is 1. The van der Waals surface area contributed by atoms with Gasteiger partial charge in [-0.15, -0.1) is 0 Å². The van der Waals surface area contributed by atoms with Crippen molar-refractivity contribution in [2.75, 3.05) is 13.2 Å². The van der Waals surface area contributed by atoms with Crippen molar-refractivity contribution in [2.45, 2.75) is 159 Å². The molecular formula is C36H63NO8. The molecule has 0 aromatic heterocycles. The van der Waals surface area contributed by atoms with Crippen LogP contribution in [0.4, 0.5) is 0 Å². The minimum absolute atomic E-state index is 0.212. The Morgan fingerprint density at radius 2 is 1.27 bits per heavy atom. The van der Waals surface area contributed by atoms with E-state index in [4.69, 9.17) is 9.47 Å². The summed E-state index contributed by atoms with van der Waals surface area (Å²) in [6.45, 7) is 3.59. The average Bonchev–Trinajstić information content (AvgIpc) is 3.04. The van der Waals surface area contributed by atoms with Crippen molar-refractivity contribution in [3.8, 4) is 0 Å². The van der Waals surface area contributed by atoms with Gasteiger partial charge in [-0.3, -0.25) is 4.79 Å². The Balaban J connectivity index is 2.58. The van der Waals surface area contributed by atoms with Crippen LogP contribution in [0, 0.1) is 0 Å². The van der Waals surface area contributed by atoms with Crippen molar-refractivity contribution >= 4 is 5.91 Å². The molecule has 1 amide bonds. The number of carbonyl (C=O) groups is 1. The Hall–Kier alpha value is -1.85. The number of ether oxygens (including phenoxy) is 2. The van der Waals surface area contributed by atoms with Crippen LogP contribution in [0.5, 0.6) is 0 Å². The van der Waals surface area contributed by atoms with Crippen molar-refractivity contribution in [3.63, 3.8) is 0 Å². The summed E-state index contributed by atoms with van der Waals surface area (Å²) in [4.78, 5) is 12.8. The second-order valence-electron chi connectivity index (χ2n) is 11.9. The first kappa shape index (κ1) is 41.2. The summed E-state index contributed by atoms with van der Waals surface area (Å²) >= 11 is 0. The maximum atomic E-state index is 12.8. The van der Waals surface area contributed by atoms with Gasteiger partial charge in [-0.2, -0.15) is 0 Å². The van der Waals surface area contributed by atoms with Crippen LogP contribution in [0.15, 0.2) is 48.6 Å². The lowest BCUT2D eigenvalue weighted by Crippen LogP contribution is -2.60. The van der Waals surface area contributed by atoms with Crippen LogP contribution < -0.4 is 5.32 Å². The summed E-state index contributed by atoms with van der Waals surface area (Å²) in [6.07, 6.45) is 24.5. The fourth-order valence-electron chi connectivity index (χ4n) is 4.92. The number of unbranched alkanes of at least 4 members (excludes halogenated alkanes) is 10. The second kappa shape index (κ2) is 27.3. The van der Waals surface area contributed by atoms with Crippen LogP contribution in [0.3, 0.4) is 0 Å². The van der Waals surface area contributed by atoms with E-state index in [-0.39, 0.29) is 12.5 Å². The summed E-state index contributed by atoms with van der Waals surface area (Å²) in [5.41, 5.74) is 0. The van der Waals surface area contributed by atoms with Crippen LogP contribution in [0.1, 0.15) is 117 Å². The molecule has 9 nitrogen and oxygen atoms in total. The molecule has 7 atom stereocenters. The lowest BCUT2D eigenvalue weighted by Gasteiger charge is -2.40. The SMILES string of the molecule is CCCC/C=C\CCCCCCC(=O)NC(COC1OC(CO)C(O)C(O)C1O)C(O)/C=C/CC/C=C/CC/C=C/CCCC. The molecule has 1 rings (SSSR count). The summed E-state index contributed by atoms with van der Waals surface area (Å²) in [7, 11) is 0. The molecule has 0 spiro atoms. The molecule has 1 aliphatic heterocycles. The van der Waals surface area contributed by atoms with E-state index in [1.165, 1.54) is 25.7 Å². The molecule has 7 unspecified atom stereocenters. The van der Waals surface area contributed by atoms with E-state index in [1.807, 2.05) is 6.08 Å². The van der Waals surface area contributed by atoms with E-state index in [0.717, 1.165) is 70.6 Å². The van der Waals surface area contributed by atoms with Gasteiger partial charge in [-0.05, 0) is 57.8 Å². The largest absolute Gasteiger partial charge is 0.394 e. The first-order chi connectivity index (χ1) is 21.8. The van der Waals surface area contributed by atoms with Crippen LogP contribution in [0.2, 0.25) is 0 Å². The van der Waals surface area contributed by atoms with Crippen molar-refractivity contribution in [1.82, 2.24) is 5.32 Å². The van der Waals surface area contributed by atoms with E-state index < -0.39 is 49.5 Å². The first-order valence-electron chi connectivity index (χ1n) is 17.4. The first-order valence-corrected chi connectivity index (χ1v) is 17.4. The standard InChI is InChI=1S/C36H63NO8/c1-3-5-7-9-11-13-15-16-17-19-21-23-25-30(39)29(28-44-36-35(43)34(42)33(41)31(27-38)45-36)37-32(40)26-24-22-20-18-14-12-10-8-6-4-2/h9-12,16-17,23,25,29-31,33-36,38-39,41-43H,3-8,13-15,18-22,24,26-28H2,1-2H3,(H,37,40)/b11-9+,12-10-,17-16+,25-23+. The van der Waals surface area contributed by atoms with Crippen molar-refractivity contribution in [1.29, 1.82) is 0 Å². The third kappa shape index (κ3) is 19.4. The van der Waals surface area contributed by atoms with Gasteiger partial charge in [0.1, 0.15) is 24.4 Å². The highest BCUT2D eigenvalue weighted by molar-refractivity contribution is 5.76. The number of allylic oxidation sites excluding steroid dienone is 7. The third-order valence-electron chi connectivity index (χ3n) is 7.85. The van der Waals surface area contributed by atoms with Crippen molar-refractivity contribution in [3.05, 3.63) is 48.6 Å². The quantitative estimate of drug-likeness (QED) is 0.0563. The topological polar surface area (TPSA) is 149 Å². The lowest BCUT2D eigenvalue weighted by molar-refractivity contribution is -0.302. The van der Waals surface area contributed by atoms with Gasteiger partial charge >= 0.3 is 0 Å². The normalized spacial score (nSPS) is 23.9. The molecule has 6 N–H and O–H groups in total. The molecule has 1 heterocycles. The highest BCUT2D eigenvalue weighted by Crippen LogP contribution is 2.22. The Morgan fingerprint density at radius 1 is 0.733 bits per heavy atom. The summed E-state index contributed by atoms with van der Waals surface area (Å²) in [5, 5.41) is 53.6. The van der Waals surface area contributed by atoms with Gasteiger partial charge in [0, 0.05) is 6.42 Å². The van der Waals surface area contributed by atoms with Gasteiger partial charge < -0.3 is 40.3 Å². The molecule has 1 aliphatic rings. The Morgan fingerprint density at radius 3 is 1.84 bits per heavy atom. The molecular weight excluding hydrogens is 574 g/mol. The predicted octanol–water partition coefficient (Wildman–Crippen LogP) is 5.15. The van der Waals surface area contributed by atoms with Crippen LogP contribution >= 0.6 is 0 Å². The van der Waals surface area contributed by atoms with Crippen LogP contribution in [-0.2, 0) is 14.3 Å². The van der Waals surface area contributed by atoms with E-state index in [2.05, 4.69) is 55.6 Å². The fraction of sp³-hybridized carbons (Fsp3) is 0.750. The molecule has 0 radical (unpaired) electrons. The lowest BCUT2D eigenvalue weighted by atomic mass is 9.99. The molecule has 1 fully saturated rings. The zero-order valence-corrected chi connectivity index (χ0v) is 27.8. The van der Waals surface area contributed by atoms with Crippen molar-refractivity contribution < 1.29 is 39.8 Å². The molecule has 1 saturated heterocycles. The number of rotatable bonds is 26. The molecule has 0 saturated carbocycles. The third-order valence-corrected chi connectivity index (χ3v) is 7.85. The zero-order chi connectivity index (χ0) is 33.1. The monoisotopic (exact) mass is 637 g/mol. The highest BCUT2D eigenvalue weighted by Gasteiger charge is 2.44. The molecule has 0 aliphatic carbocycles. The van der Waals surface area contributed by atoms with Crippen LogP contribution in [-0.4, -0.2) is 87.5 Å². The maximum Gasteiger partial charge on any atom is 0.220 e. The Bertz CT molecular complexity index is 843. The number of aliphatic hydroxyl groups is 5. The highest BCUT2D eigenvalue weighted by atomic mass is 16.7. The number of hydrogen-bond acceptors (Lipinski definition) is 8. The van der Waals surface area contributed by atoms with E-state index >= 15 is 0 Å².